The van der Waals surface area contributed by atoms with Gasteiger partial charge in [0.2, 0.25) is 0 Å². The molecule has 0 fully saturated rings. The van der Waals surface area contributed by atoms with E-state index in [4.69, 9.17) is 0 Å². The fourth-order valence-corrected chi connectivity index (χ4v) is 4.34. The quantitative estimate of drug-likeness (QED) is 0.526. The lowest BCUT2D eigenvalue weighted by Gasteiger charge is -2.30. The lowest BCUT2D eigenvalue weighted by Crippen LogP contribution is -2.35. The van der Waals surface area contributed by atoms with Crippen LogP contribution in [0.15, 0.2) is 41.6 Å². The van der Waals surface area contributed by atoms with Gasteiger partial charge in [0.15, 0.2) is 0 Å². The van der Waals surface area contributed by atoms with Gasteiger partial charge in [-0.2, -0.15) is 5.10 Å². The summed E-state index contributed by atoms with van der Waals surface area (Å²) in [7, 11) is 1.88. The summed E-state index contributed by atoms with van der Waals surface area (Å²) >= 11 is 0. The Morgan fingerprint density at radius 3 is 2.53 bits per heavy atom. The fourth-order valence-electron chi connectivity index (χ4n) is 4.34. The van der Waals surface area contributed by atoms with E-state index in [-0.39, 0.29) is 11.4 Å². The van der Waals surface area contributed by atoms with E-state index in [2.05, 4.69) is 20.3 Å². The van der Waals surface area contributed by atoms with Crippen LogP contribution >= 0.6 is 0 Å². The van der Waals surface area contributed by atoms with Crippen LogP contribution < -0.4 is 5.56 Å². The van der Waals surface area contributed by atoms with Crippen LogP contribution in [0, 0.1) is 5.82 Å². The number of nitrogens with zero attached hydrogens (tertiary/aromatic N) is 5. The van der Waals surface area contributed by atoms with E-state index in [0.717, 1.165) is 5.82 Å². The molecule has 0 aliphatic carbocycles. The molecule has 156 valence electrons. The van der Waals surface area contributed by atoms with E-state index in [9.17, 15) is 9.18 Å². The lowest BCUT2D eigenvalue weighted by atomic mass is 9.75. The number of benzene rings is 1. The van der Waals surface area contributed by atoms with Crippen molar-refractivity contribution in [3.05, 3.63) is 64.3 Å². The molecule has 0 radical (unpaired) electrons. The molecule has 0 saturated carbocycles. The van der Waals surface area contributed by atoms with Crippen molar-refractivity contribution in [1.82, 2.24) is 29.5 Å². The van der Waals surface area contributed by atoms with Crippen molar-refractivity contribution >= 4 is 10.9 Å². The number of aromatic amines is 1. The Morgan fingerprint density at radius 2 is 1.93 bits per heavy atom. The molecule has 0 unspecified atom stereocenters. The maximum absolute atomic E-state index is 14.6. The Bertz CT molecular complexity index is 1260. The number of rotatable bonds is 6. The molecule has 4 aromatic rings. The second-order valence-corrected chi connectivity index (χ2v) is 7.52. The standard InChI is InChI=1S/C22H25FN6O/c1-5-22(6-2,21-27-24-13-28(21)4)16-8-9-18(26-20(16)30)14-10-17(23)15-12-25-29(7-3)19(15)11-14/h8-13H,5-7H2,1-4H3,(H,26,30). The fraction of sp³-hybridized carbons (Fsp3) is 0.364. The highest BCUT2D eigenvalue weighted by atomic mass is 19.1. The molecule has 0 amide bonds. The highest BCUT2D eigenvalue weighted by Gasteiger charge is 2.37. The summed E-state index contributed by atoms with van der Waals surface area (Å²) in [5.41, 5.74) is 1.75. The first kappa shape index (κ1) is 20.0. The minimum absolute atomic E-state index is 0.205. The molecule has 0 saturated heterocycles. The van der Waals surface area contributed by atoms with Gasteiger partial charge in [-0.15, -0.1) is 10.2 Å². The molecule has 1 aromatic carbocycles. The van der Waals surface area contributed by atoms with Crippen LogP contribution in [0.3, 0.4) is 0 Å². The molecular weight excluding hydrogens is 383 g/mol. The van der Waals surface area contributed by atoms with Gasteiger partial charge in [0.05, 0.1) is 22.5 Å². The Morgan fingerprint density at radius 1 is 1.17 bits per heavy atom. The first-order valence-corrected chi connectivity index (χ1v) is 10.2. The smallest absolute Gasteiger partial charge is 0.252 e. The van der Waals surface area contributed by atoms with Crippen molar-refractivity contribution < 1.29 is 4.39 Å². The number of pyridine rings is 1. The van der Waals surface area contributed by atoms with Crippen molar-refractivity contribution in [3.63, 3.8) is 0 Å². The van der Waals surface area contributed by atoms with E-state index >= 15 is 0 Å². The molecule has 0 atom stereocenters. The summed E-state index contributed by atoms with van der Waals surface area (Å²) in [6, 6.07) is 6.95. The number of aryl methyl sites for hydroxylation is 2. The average Bonchev–Trinajstić information content (AvgIpc) is 3.37. The molecule has 3 aromatic heterocycles. The highest BCUT2D eigenvalue weighted by molar-refractivity contribution is 5.84. The third-order valence-electron chi connectivity index (χ3n) is 6.09. The molecule has 1 N–H and O–H groups in total. The first-order valence-electron chi connectivity index (χ1n) is 10.2. The molecule has 3 heterocycles. The zero-order chi connectivity index (χ0) is 21.5. The summed E-state index contributed by atoms with van der Waals surface area (Å²) in [6.07, 6.45) is 4.58. The lowest BCUT2D eigenvalue weighted by molar-refractivity contribution is 0.430. The van der Waals surface area contributed by atoms with E-state index < -0.39 is 5.41 Å². The summed E-state index contributed by atoms with van der Waals surface area (Å²) in [5, 5.41) is 13.0. The van der Waals surface area contributed by atoms with Gasteiger partial charge < -0.3 is 9.55 Å². The van der Waals surface area contributed by atoms with Crippen molar-refractivity contribution in [2.75, 3.05) is 0 Å². The van der Waals surface area contributed by atoms with Crippen LogP contribution in [0.4, 0.5) is 4.39 Å². The number of halogens is 1. The minimum atomic E-state index is -0.548. The maximum atomic E-state index is 14.6. The van der Waals surface area contributed by atoms with E-state index in [0.29, 0.717) is 47.1 Å². The average molecular weight is 408 g/mol. The van der Waals surface area contributed by atoms with Gasteiger partial charge in [-0.25, -0.2) is 4.39 Å². The number of hydrogen-bond donors (Lipinski definition) is 1. The molecule has 0 bridgehead atoms. The SMILES string of the molecule is CCn1ncc2c(F)cc(-c3ccc(C(CC)(CC)c4nncn4C)c(=O)[nH]3)cc21. The van der Waals surface area contributed by atoms with Crippen LogP contribution in [-0.2, 0) is 19.0 Å². The van der Waals surface area contributed by atoms with Gasteiger partial charge >= 0.3 is 0 Å². The van der Waals surface area contributed by atoms with Gasteiger partial charge in [0.25, 0.3) is 5.56 Å². The Balaban J connectivity index is 1.85. The third-order valence-corrected chi connectivity index (χ3v) is 6.09. The van der Waals surface area contributed by atoms with Crippen LogP contribution in [0.1, 0.15) is 45.0 Å². The number of hydrogen-bond acceptors (Lipinski definition) is 4. The second-order valence-electron chi connectivity index (χ2n) is 7.52. The van der Waals surface area contributed by atoms with Gasteiger partial charge in [-0.05, 0) is 38.0 Å². The predicted molar refractivity (Wildman–Crippen MR) is 114 cm³/mol. The molecule has 30 heavy (non-hydrogen) atoms. The van der Waals surface area contributed by atoms with Crippen LogP contribution in [-0.4, -0.2) is 29.5 Å². The van der Waals surface area contributed by atoms with Crippen LogP contribution in [0.2, 0.25) is 0 Å². The highest BCUT2D eigenvalue weighted by Crippen LogP contribution is 2.36. The van der Waals surface area contributed by atoms with Crippen molar-refractivity contribution in [3.8, 4) is 11.3 Å². The van der Waals surface area contributed by atoms with Crippen molar-refractivity contribution in [2.45, 2.75) is 45.6 Å². The molecule has 4 rings (SSSR count). The molecular formula is C22H25FN6O. The summed E-state index contributed by atoms with van der Waals surface area (Å²) < 4.78 is 18.2. The van der Waals surface area contributed by atoms with E-state index in [1.165, 1.54) is 12.3 Å². The van der Waals surface area contributed by atoms with E-state index in [1.54, 1.807) is 11.0 Å². The number of aromatic nitrogens is 6. The topological polar surface area (TPSA) is 81.4 Å². The maximum Gasteiger partial charge on any atom is 0.252 e. The van der Waals surface area contributed by atoms with Crippen LogP contribution in [0.5, 0.6) is 0 Å². The second kappa shape index (κ2) is 7.51. The van der Waals surface area contributed by atoms with E-state index in [1.807, 2.05) is 50.6 Å². The van der Waals surface area contributed by atoms with Gasteiger partial charge in [0.1, 0.15) is 18.0 Å². The zero-order valence-electron chi connectivity index (χ0n) is 17.6. The third kappa shape index (κ3) is 2.94. The molecule has 7 nitrogen and oxygen atoms in total. The van der Waals surface area contributed by atoms with Gasteiger partial charge in [-0.1, -0.05) is 19.9 Å². The number of fused-ring (bicyclic) bond motifs is 1. The summed E-state index contributed by atoms with van der Waals surface area (Å²) in [6.45, 7) is 6.67. The molecule has 0 aliphatic heterocycles. The monoisotopic (exact) mass is 408 g/mol. The molecule has 0 spiro atoms. The molecule has 8 heteroatoms. The predicted octanol–water partition coefficient (Wildman–Crippen LogP) is 3.79. The van der Waals surface area contributed by atoms with Crippen molar-refractivity contribution in [1.29, 1.82) is 0 Å². The normalized spacial score (nSPS) is 12.0. The van der Waals surface area contributed by atoms with Gasteiger partial charge in [0, 0.05) is 30.4 Å². The molecule has 0 aliphatic rings. The van der Waals surface area contributed by atoms with Crippen LogP contribution in [0.25, 0.3) is 22.2 Å². The Hall–Kier alpha value is -3.29. The Labute approximate surface area is 173 Å². The van der Waals surface area contributed by atoms with Gasteiger partial charge in [-0.3, -0.25) is 9.48 Å². The summed E-state index contributed by atoms with van der Waals surface area (Å²) in [4.78, 5) is 16.1. The minimum Gasteiger partial charge on any atom is -0.322 e. The van der Waals surface area contributed by atoms with Crippen molar-refractivity contribution in [2.24, 2.45) is 7.05 Å². The zero-order valence-corrected chi connectivity index (χ0v) is 17.6. The Kier molecular flexibility index (Phi) is 5.01. The summed E-state index contributed by atoms with van der Waals surface area (Å²) in [5.74, 6) is 0.396. The largest absolute Gasteiger partial charge is 0.322 e. The first-order chi connectivity index (χ1) is 14.4. The number of H-pyrrole nitrogens is 1. The number of nitrogens with one attached hydrogen (secondary N) is 1.